The van der Waals surface area contributed by atoms with Crippen LogP contribution in [-0.4, -0.2) is 36.6 Å². The SMILES string of the molecule is N#CC1(NC(=O)[C@@H]2Cc3ccc(c(Cl)c3)OCC=CCOc3ccc(F)cc3C(=O)N2)CC1. The second-order valence-electron chi connectivity index (χ2n) is 7.91. The number of nitrogens with one attached hydrogen (secondary N) is 2. The molecule has 170 valence electrons. The van der Waals surface area contributed by atoms with Crippen molar-refractivity contribution in [1.29, 1.82) is 5.26 Å². The molecule has 2 aromatic carbocycles. The molecule has 1 aliphatic carbocycles. The van der Waals surface area contributed by atoms with Crippen LogP contribution in [0.1, 0.15) is 28.8 Å². The van der Waals surface area contributed by atoms with Crippen molar-refractivity contribution in [1.82, 2.24) is 10.6 Å². The summed E-state index contributed by atoms with van der Waals surface area (Å²) in [5.41, 5.74) is -0.279. The van der Waals surface area contributed by atoms with E-state index in [1.807, 2.05) is 0 Å². The number of amides is 2. The maximum atomic E-state index is 13.9. The molecule has 1 fully saturated rings. The van der Waals surface area contributed by atoms with Gasteiger partial charge in [-0.25, -0.2) is 4.39 Å². The number of nitriles is 1. The minimum atomic E-state index is -1.03. The first-order valence-electron chi connectivity index (χ1n) is 10.4. The molecule has 3 aliphatic rings. The summed E-state index contributed by atoms with van der Waals surface area (Å²) in [6, 6.07) is 9.76. The second kappa shape index (κ2) is 9.51. The Morgan fingerprint density at radius 2 is 1.85 bits per heavy atom. The van der Waals surface area contributed by atoms with Gasteiger partial charge >= 0.3 is 0 Å². The highest BCUT2D eigenvalue weighted by Crippen LogP contribution is 2.34. The molecule has 33 heavy (non-hydrogen) atoms. The number of carbonyl (C=O) groups is 2. The molecular weight excluding hydrogens is 449 g/mol. The zero-order valence-corrected chi connectivity index (χ0v) is 18.3. The van der Waals surface area contributed by atoms with E-state index in [2.05, 4.69) is 16.7 Å². The van der Waals surface area contributed by atoms with E-state index in [0.29, 0.717) is 29.2 Å². The number of halogens is 2. The van der Waals surface area contributed by atoms with Gasteiger partial charge in [0.15, 0.2) is 0 Å². The lowest BCUT2D eigenvalue weighted by molar-refractivity contribution is -0.123. The maximum absolute atomic E-state index is 13.9. The zero-order valence-electron chi connectivity index (χ0n) is 17.6. The van der Waals surface area contributed by atoms with Gasteiger partial charge in [-0.1, -0.05) is 17.7 Å². The summed E-state index contributed by atoms with van der Waals surface area (Å²) in [5, 5.41) is 15.1. The smallest absolute Gasteiger partial charge is 0.255 e. The van der Waals surface area contributed by atoms with Crippen molar-refractivity contribution in [2.45, 2.75) is 30.8 Å². The highest BCUT2D eigenvalue weighted by Gasteiger charge is 2.45. The molecule has 5 rings (SSSR count). The van der Waals surface area contributed by atoms with Crippen LogP contribution in [0.4, 0.5) is 4.39 Å². The van der Waals surface area contributed by atoms with Crippen LogP contribution in [0, 0.1) is 17.1 Å². The monoisotopic (exact) mass is 469 g/mol. The minimum Gasteiger partial charge on any atom is -0.489 e. The Labute approximate surface area is 195 Å². The molecule has 1 atom stereocenters. The van der Waals surface area contributed by atoms with Crippen LogP contribution in [0.15, 0.2) is 48.6 Å². The van der Waals surface area contributed by atoms with E-state index >= 15 is 0 Å². The lowest BCUT2D eigenvalue weighted by atomic mass is 10.0. The normalized spacial score (nSPS) is 19.3. The molecular formula is C24H21ClFN3O4. The number of carbonyl (C=O) groups excluding carboxylic acids is 2. The Kier molecular flexibility index (Phi) is 6.52. The molecule has 0 unspecified atom stereocenters. The molecule has 0 radical (unpaired) electrons. The van der Waals surface area contributed by atoms with Crippen molar-refractivity contribution in [3.05, 3.63) is 70.5 Å². The Hall–Kier alpha value is -3.57. The van der Waals surface area contributed by atoms with Crippen molar-refractivity contribution in [3.8, 4) is 17.6 Å². The Morgan fingerprint density at radius 1 is 1.15 bits per heavy atom. The maximum Gasteiger partial charge on any atom is 0.255 e. The Balaban J connectivity index is 1.67. The van der Waals surface area contributed by atoms with Crippen LogP contribution in [-0.2, 0) is 11.2 Å². The van der Waals surface area contributed by atoms with Gasteiger partial charge in [-0.2, -0.15) is 5.26 Å². The molecule has 2 N–H and O–H groups in total. The fraction of sp³-hybridized carbons (Fsp3) is 0.292. The molecule has 2 bridgehead atoms. The van der Waals surface area contributed by atoms with Gasteiger partial charge in [-0.05, 0) is 60.9 Å². The van der Waals surface area contributed by atoms with E-state index < -0.39 is 29.2 Å². The molecule has 7 nitrogen and oxygen atoms in total. The number of rotatable bonds is 2. The molecule has 2 aromatic rings. The topological polar surface area (TPSA) is 100 Å². The minimum absolute atomic E-state index is 0.0423. The largest absolute Gasteiger partial charge is 0.489 e. The first kappa shape index (κ1) is 22.6. The number of nitrogens with zero attached hydrogens (tertiary/aromatic N) is 1. The number of benzene rings is 2. The Bertz CT molecular complexity index is 1160. The van der Waals surface area contributed by atoms with E-state index in [4.69, 9.17) is 21.1 Å². The van der Waals surface area contributed by atoms with Crippen LogP contribution in [0.3, 0.4) is 0 Å². The predicted molar refractivity (Wildman–Crippen MR) is 119 cm³/mol. The molecule has 9 heteroatoms. The summed E-state index contributed by atoms with van der Waals surface area (Å²) in [6.07, 6.45) is 4.63. The number of hydrogen-bond acceptors (Lipinski definition) is 5. The van der Waals surface area contributed by atoms with E-state index in [9.17, 15) is 19.2 Å². The molecule has 0 saturated heterocycles. The van der Waals surface area contributed by atoms with Gasteiger partial charge in [-0.3, -0.25) is 9.59 Å². The van der Waals surface area contributed by atoms with Crippen molar-refractivity contribution in [2.24, 2.45) is 0 Å². The van der Waals surface area contributed by atoms with Crippen LogP contribution >= 0.6 is 11.6 Å². The summed E-state index contributed by atoms with van der Waals surface area (Å²) in [5.74, 6) is -1.15. The van der Waals surface area contributed by atoms with Gasteiger partial charge in [0.2, 0.25) is 5.91 Å². The van der Waals surface area contributed by atoms with Crippen LogP contribution in [0.5, 0.6) is 11.5 Å². The summed E-state index contributed by atoms with van der Waals surface area (Å²) in [4.78, 5) is 26.1. The molecule has 2 heterocycles. The molecule has 1 saturated carbocycles. The Morgan fingerprint density at radius 3 is 2.52 bits per heavy atom. The second-order valence-corrected chi connectivity index (χ2v) is 8.32. The molecule has 2 amide bonds. The summed E-state index contributed by atoms with van der Waals surface area (Å²) in [6.45, 7) is 0.372. The van der Waals surface area contributed by atoms with E-state index in [1.165, 1.54) is 12.1 Å². The van der Waals surface area contributed by atoms with Gasteiger partial charge in [0, 0.05) is 6.42 Å². The summed E-state index contributed by atoms with van der Waals surface area (Å²) < 4.78 is 25.2. The first-order valence-corrected chi connectivity index (χ1v) is 10.8. The molecule has 0 spiro atoms. The third-order valence-corrected chi connectivity index (χ3v) is 5.70. The van der Waals surface area contributed by atoms with Crippen molar-refractivity contribution < 1.29 is 23.5 Å². The molecule has 0 aromatic heterocycles. The van der Waals surface area contributed by atoms with Crippen molar-refractivity contribution >= 4 is 23.4 Å². The van der Waals surface area contributed by atoms with E-state index in [1.54, 1.807) is 30.4 Å². The third kappa shape index (κ3) is 5.44. The lowest BCUT2D eigenvalue weighted by Gasteiger charge is -2.21. The average Bonchev–Trinajstić information content (AvgIpc) is 3.56. The summed E-state index contributed by atoms with van der Waals surface area (Å²) in [7, 11) is 0. The number of fused-ring (bicyclic) bond motifs is 9. The number of hydrogen-bond donors (Lipinski definition) is 2. The molecule has 2 aliphatic heterocycles. The quantitative estimate of drug-likeness (QED) is 0.657. The van der Waals surface area contributed by atoms with Crippen LogP contribution in [0.2, 0.25) is 5.02 Å². The summed E-state index contributed by atoms with van der Waals surface area (Å²) >= 11 is 6.33. The van der Waals surface area contributed by atoms with Crippen LogP contribution < -0.4 is 20.1 Å². The average molecular weight is 470 g/mol. The first-order chi connectivity index (χ1) is 15.9. The van der Waals surface area contributed by atoms with Gasteiger partial charge in [-0.15, -0.1) is 0 Å². The standard InChI is InChI=1S/C24H21ClFN3O4/c25-18-11-15-3-5-21(18)33-10-2-1-9-32-20-6-4-16(26)13-17(20)22(30)28-19(12-15)23(31)29-24(14-27)7-8-24/h1-6,11,13,19H,7-10,12H2,(H,28,30)(H,29,31)/t19-/m0/s1. The number of ether oxygens (including phenoxy) is 2. The van der Waals surface area contributed by atoms with Gasteiger partial charge in [0.25, 0.3) is 5.91 Å². The fourth-order valence-corrected chi connectivity index (χ4v) is 3.66. The van der Waals surface area contributed by atoms with Gasteiger partial charge in [0.05, 0.1) is 16.7 Å². The lowest BCUT2D eigenvalue weighted by Crippen LogP contribution is -2.51. The van der Waals surface area contributed by atoms with E-state index in [0.717, 1.165) is 6.07 Å². The highest BCUT2D eigenvalue weighted by molar-refractivity contribution is 6.32. The van der Waals surface area contributed by atoms with Crippen molar-refractivity contribution in [3.63, 3.8) is 0 Å². The van der Waals surface area contributed by atoms with Gasteiger partial charge < -0.3 is 20.1 Å². The third-order valence-electron chi connectivity index (χ3n) is 5.41. The predicted octanol–water partition coefficient (Wildman–Crippen LogP) is 3.32. The van der Waals surface area contributed by atoms with Crippen molar-refractivity contribution in [2.75, 3.05) is 13.2 Å². The van der Waals surface area contributed by atoms with E-state index in [-0.39, 0.29) is 30.9 Å². The van der Waals surface area contributed by atoms with Gasteiger partial charge in [0.1, 0.15) is 42.1 Å². The highest BCUT2D eigenvalue weighted by atomic mass is 35.5. The fourth-order valence-electron chi connectivity index (χ4n) is 3.40. The van der Waals surface area contributed by atoms with Crippen LogP contribution in [0.25, 0.3) is 0 Å². The zero-order chi connectivity index (χ0) is 23.4.